The standard InChI is InChI=1S/C8H15N3O2/c12-8(7-10-13)9-3-6-11-4-1-2-5-11/h7,13H,1-6H2,(H,9,12)/b10-7+. The van der Waals surface area contributed by atoms with Crippen LogP contribution in [0.15, 0.2) is 5.16 Å². The van der Waals surface area contributed by atoms with Gasteiger partial charge in [-0.1, -0.05) is 5.16 Å². The van der Waals surface area contributed by atoms with Crippen LogP contribution in [0.25, 0.3) is 0 Å². The average Bonchev–Trinajstić information content (AvgIpc) is 2.57. The highest BCUT2D eigenvalue weighted by molar-refractivity contribution is 6.25. The van der Waals surface area contributed by atoms with E-state index in [1.807, 2.05) is 0 Å². The summed E-state index contributed by atoms with van der Waals surface area (Å²) in [6.07, 6.45) is 3.38. The van der Waals surface area contributed by atoms with Crippen LogP contribution in [0.5, 0.6) is 0 Å². The van der Waals surface area contributed by atoms with Crippen LogP contribution < -0.4 is 5.32 Å². The van der Waals surface area contributed by atoms with E-state index in [4.69, 9.17) is 5.21 Å². The van der Waals surface area contributed by atoms with Gasteiger partial charge in [-0.15, -0.1) is 0 Å². The highest BCUT2D eigenvalue weighted by Crippen LogP contribution is 2.05. The molecule has 13 heavy (non-hydrogen) atoms. The number of oxime groups is 1. The first-order chi connectivity index (χ1) is 6.33. The number of nitrogens with one attached hydrogen (secondary N) is 1. The third-order valence-electron chi connectivity index (χ3n) is 2.10. The van der Waals surface area contributed by atoms with Crippen LogP contribution >= 0.6 is 0 Å². The van der Waals surface area contributed by atoms with Crippen LogP contribution in [0.2, 0.25) is 0 Å². The molecule has 0 aromatic carbocycles. The predicted octanol–water partition coefficient (Wildman–Crippen LogP) is -0.342. The number of carbonyl (C=O) groups excluding carboxylic acids is 1. The van der Waals surface area contributed by atoms with E-state index in [0.29, 0.717) is 6.54 Å². The van der Waals surface area contributed by atoms with Gasteiger partial charge in [-0.05, 0) is 25.9 Å². The quantitative estimate of drug-likeness (QED) is 0.358. The Bertz CT molecular complexity index is 188. The molecule has 5 nitrogen and oxygen atoms in total. The van der Waals surface area contributed by atoms with Crippen LogP contribution in [0.1, 0.15) is 12.8 Å². The second-order valence-electron chi connectivity index (χ2n) is 3.08. The molecule has 1 saturated heterocycles. The van der Waals surface area contributed by atoms with Gasteiger partial charge in [-0.3, -0.25) is 4.79 Å². The number of hydrogen-bond acceptors (Lipinski definition) is 4. The van der Waals surface area contributed by atoms with Crippen LogP contribution in [-0.2, 0) is 4.79 Å². The highest BCUT2D eigenvalue weighted by atomic mass is 16.4. The number of carbonyl (C=O) groups is 1. The van der Waals surface area contributed by atoms with Crippen LogP contribution in [0.3, 0.4) is 0 Å². The molecule has 1 heterocycles. The van der Waals surface area contributed by atoms with Crippen molar-refractivity contribution in [2.75, 3.05) is 26.2 Å². The maximum Gasteiger partial charge on any atom is 0.265 e. The summed E-state index contributed by atoms with van der Waals surface area (Å²) in [5.74, 6) is -0.346. The summed E-state index contributed by atoms with van der Waals surface area (Å²) in [4.78, 5) is 13.1. The van der Waals surface area contributed by atoms with Crippen LogP contribution in [0, 0.1) is 0 Å². The van der Waals surface area contributed by atoms with E-state index >= 15 is 0 Å². The third-order valence-corrected chi connectivity index (χ3v) is 2.10. The third kappa shape index (κ3) is 3.89. The lowest BCUT2D eigenvalue weighted by atomic mass is 10.4. The maximum atomic E-state index is 10.8. The fourth-order valence-corrected chi connectivity index (χ4v) is 1.44. The normalized spacial score (nSPS) is 18.2. The number of amides is 1. The van der Waals surface area contributed by atoms with E-state index in [1.165, 1.54) is 12.8 Å². The molecule has 1 aliphatic rings. The fraction of sp³-hybridized carbons (Fsp3) is 0.750. The lowest BCUT2D eigenvalue weighted by Gasteiger charge is -2.13. The predicted molar refractivity (Wildman–Crippen MR) is 49.0 cm³/mol. The molecule has 0 atom stereocenters. The molecule has 2 N–H and O–H groups in total. The molecule has 0 aromatic rings. The zero-order chi connectivity index (χ0) is 9.52. The lowest BCUT2D eigenvalue weighted by Crippen LogP contribution is -2.33. The number of likely N-dealkylation sites (tertiary alicyclic amines) is 1. The Morgan fingerprint density at radius 2 is 2.23 bits per heavy atom. The van der Waals surface area contributed by atoms with E-state index < -0.39 is 0 Å². The summed E-state index contributed by atoms with van der Waals surface area (Å²) in [5.41, 5.74) is 0. The summed E-state index contributed by atoms with van der Waals surface area (Å²) in [6, 6.07) is 0. The first-order valence-electron chi connectivity index (χ1n) is 4.50. The van der Waals surface area contributed by atoms with Crippen molar-refractivity contribution in [1.29, 1.82) is 0 Å². The fourth-order valence-electron chi connectivity index (χ4n) is 1.44. The van der Waals surface area contributed by atoms with Crippen molar-refractivity contribution in [2.45, 2.75) is 12.8 Å². The van der Waals surface area contributed by atoms with Crippen molar-refractivity contribution in [3.8, 4) is 0 Å². The Morgan fingerprint density at radius 3 is 2.85 bits per heavy atom. The molecule has 1 rings (SSSR count). The van der Waals surface area contributed by atoms with Gasteiger partial charge in [0, 0.05) is 13.1 Å². The van der Waals surface area contributed by atoms with Crippen molar-refractivity contribution in [1.82, 2.24) is 10.2 Å². The molecule has 5 heteroatoms. The molecule has 0 unspecified atom stereocenters. The molecule has 0 radical (unpaired) electrons. The molecular formula is C8H15N3O2. The molecule has 0 spiro atoms. The molecule has 0 aliphatic carbocycles. The highest BCUT2D eigenvalue weighted by Gasteiger charge is 2.10. The van der Waals surface area contributed by atoms with Crippen molar-refractivity contribution < 1.29 is 10.0 Å². The molecule has 0 bridgehead atoms. The van der Waals surface area contributed by atoms with E-state index in [1.54, 1.807) is 0 Å². The average molecular weight is 185 g/mol. The van der Waals surface area contributed by atoms with Gasteiger partial charge in [0.1, 0.15) is 6.21 Å². The van der Waals surface area contributed by atoms with Crippen molar-refractivity contribution >= 4 is 12.1 Å². The first kappa shape index (κ1) is 9.98. The largest absolute Gasteiger partial charge is 0.411 e. The zero-order valence-electron chi connectivity index (χ0n) is 7.57. The molecule has 1 fully saturated rings. The van der Waals surface area contributed by atoms with Gasteiger partial charge in [0.15, 0.2) is 0 Å². The molecule has 0 aromatic heterocycles. The Kier molecular flexibility index (Phi) is 4.25. The number of rotatable bonds is 4. The summed E-state index contributed by atoms with van der Waals surface area (Å²) in [6.45, 7) is 3.75. The van der Waals surface area contributed by atoms with Crippen molar-refractivity contribution in [3.05, 3.63) is 0 Å². The Labute approximate surface area is 77.4 Å². The molecule has 74 valence electrons. The molecular weight excluding hydrogens is 170 g/mol. The van der Waals surface area contributed by atoms with Gasteiger partial charge in [-0.2, -0.15) is 0 Å². The van der Waals surface area contributed by atoms with E-state index in [2.05, 4.69) is 15.4 Å². The second kappa shape index (κ2) is 5.53. The summed E-state index contributed by atoms with van der Waals surface area (Å²) in [5, 5.41) is 13.3. The van der Waals surface area contributed by atoms with Gasteiger partial charge in [-0.25, -0.2) is 0 Å². The number of nitrogens with zero attached hydrogens (tertiary/aromatic N) is 2. The van der Waals surface area contributed by atoms with Gasteiger partial charge >= 0.3 is 0 Å². The Hall–Kier alpha value is -1.10. The Morgan fingerprint density at radius 1 is 1.54 bits per heavy atom. The zero-order valence-corrected chi connectivity index (χ0v) is 7.57. The summed E-state index contributed by atoms with van der Waals surface area (Å²) < 4.78 is 0. The second-order valence-corrected chi connectivity index (χ2v) is 3.08. The van der Waals surface area contributed by atoms with Crippen molar-refractivity contribution in [3.63, 3.8) is 0 Å². The Balaban J connectivity index is 2.02. The van der Waals surface area contributed by atoms with Gasteiger partial charge in [0.05, 0.1) is 0 Å². The minimum absolute atomic E-state index is 0.346. The van der Waals surface area contributed by atoms with E-state index in [0.717, 1.165) is 25.8 Å². The van der Waals surface area contributed by atoms with Gasteiger partial charge < -0.3 is 15.4 Å². The SMILES string of the molecule is O=C(/C=N/O)NCCN1CCCC1. The summed E-state index contributed by atoms with van der Waals surface area (Å²) in [7, 11) is 0. The van der Waals surface area contributed by atoms with Gasteiger partial charge in [0.25, 0.3) is 5.91 Å². The van der Waals surface area contributed by atoms with Crippen LogP contribution in [0.4, 0.5) is 0 Å². The minimum atomic E-state index is -0.346. The molecule has 1 amide bonds. The maximum absolute atomic E-state index is 10.8. The summed E-state index contributed by atoms with van der Waals surface area (Å²) >= 11 is 0. The monoisotopic (exact) mass is 185 g/mol. The minimum Gasteiger partial charge on any atom is -0.411 e. The van der Waals surface area contributed by atoms with Crippen molar-refractivity contribution in [2.24, 2.45) is 5.16 Å². The van der Waals surface area contributed by atoms with Crippen LogP contribution in [-0.4, -0.2) is 48.4 Å². The first-order valence-corrected chi connectivity index (χ1v) is 4.50. The van der Waals surface area contributed by atoms with E-state index in [9.17, 15) is 4.79 Å². The topological polar surface area (TPSA) is 64.9 Å². The molecule has 0 saturated carbocycles. The number of hydrogen-bond donors (Lipinski definition) is 2. The smallest absolute Gasteiger partial charge is 0.265 e. The van der Waals surface area contributed by atoms with Gasteiger partial charge in [0.2, 0.25) is 0 Å². The molecule has 1 aliphatic heterocycles. The lowest BCUT2D eigenvalue weighted by molar-refractivity contribution is -0.114. The van der Waals surface area contributed by atoms with E-state index in [-0.39, 0.29) is 5.91 Å².